The number of aromatic hydroxyl groups is 1. The van der Waals surface area contributed by atoms with Crippen LogP contribution in [-0.4, -0.2) is 11.7 Å². The number of ether oxygens (including phenoxy) is 1. The maximum atomic E-state index is 11.7. The molecule has 0 aliphatic carbocycles. The first-order chi connectivity index (χ1) is 6.02. The summed E-state index contributed by atoms with van der Waals surface area (Å²) in [7, 11) is 0. The van der Waals surface area contributed by atoms with E-state index in [4.69, 9.17) is 28.3 Å². The molecule has 1 aromatic rings. The molecule has 0 aliphatic heterocycles. The van der Waals surface area contributed by atoms with Crippen LogP contribution >= 0.6 is 23.2 Å². The minimum atomic E-state index is -2.97. The third kappa shape index (κ3) is 2.35. The predicted octanol–water partition coefficient (Wildman–Crippen LogP) is 3.30. The first-order valence-corrected chi connectivity index (χ1v) is 3.89. The maximum Gasteiger partial charge on any atom is 0.387 e. The Hall–Kier alpha value is -0.740. The number of halogens is 4. The highest BCUT2D eigenvalue weighted by Crippen LogP contribution is 2.38. The molecule has 2 nitrogen and oxygen atoms in total. The van der Waals surface area contributed by atoms with E-state index in [9.17, 15) is 8.78 Å². The van der Waals surface area contributed by atoms with Crippen LogP contribution in [0.4, 0.5) is 8.78 Å². The van der Waals surface area contributed by atoms with E-state index < -0.39 is 6.61 Å². The van der Waals surface area contributed by atoms with Gasteiger partial charge in [-0.25, -0.2) is 0 Å². The zero-order valence-electron chi connectivity index (χ0n) is 6.10. The summed E-state index contributed by atoms with van der Waals surface area (Å²) in [6.07, 6.45) is 0. The molecule has 6 heteroatoms. The fourth-order valence-corrected chi connectivity index (χ4v) is 1.07. The summed E-state index contributed by atoms with van der Waals surface area (Å²) in [4.78, 5) is 0. The molecule has 0 saturated heterocycles. The lowest BCUT2D eigenvalue weighted by Crippen LogP contribution is -2.02. The van der Waals surface area contributed by atoms with Crippen molar-refractivity contribution in [1.82, 2.24) is 0 Å². The van der Waals surface area contributed by atoms with Gasteiger partial charge in [0.25, 0.3) is 0 Å². The van der Waals surface area contributed by atoms with Gasteiger partial charge in [0.05, 0.1) is 0 Å². The average Bonchev–Trinajstić information content (AvgIpc) is 2.06. The molecule has 0 amide bonds. The zero-order chi connectivity index (χ0) is 10.0. The normalized spacial score (nSPS) is 10.5. The Bertz CT molecular complexity index is 318. The van der Waals surface area contributed by atoms with Gasteiger partial charge in [0.2, 0.25) is 0 Å². The van der Waals surface area contributed by atoms with E-state index in [1.165, 1.54) is 0 Å². The Morgan fingerprint density at radius 3 is 2.38 bits per heavy atom. The summed E-state index contributed by atoms with van der Waals surface area (Å²) >= 11 is 11.0. The Balaban J connectivity index is 3.04. The second-order valence-corrected chi connectivity index (χ2v) is 2.85. The SMILES string of the molecule is Oc1ccc(OC(F)F)c(Cl)c1Cl. The minimum absolute atomic E-state index is 0.209. The number of rotatable bonds is 2. The van der Waals surface area contributed by atoms with Crippen LogP contribution in [0.2, 0.25) is 10.0 Å². The molecule has 0 aromatic heterocycles. The van der Waals surface area contributed by atoms with Gasteiger partial charge in [0, 0.05) is 0 Å². The third-order valence-corrected chi connectivity index (χ3v) is 2.10. The summed E-state index contributed by atoms with van der Waals surface area (Å²) in [5.74, 6) is -0.548. The van der Waals surface area contributed by atoms with E-state index in [2.05, 4.69) is 4.74 Å². The highest BCUT2D eigenvalue weighted by Gasteiger charge is 2.13. The molecule has 1 N–H and O–H groups in total. The molecule has 0 radical (unpaired) electrons. The fraction of sp³-hybridized carbons (Fsp3) is 0.143. The van der Waals surface area contributed by atoms with E-state index >= 15 is 0 Å². The minimum Gasteiger partial charge on any atom is -0.506 e. The molecule has 0 saturated carbocycles. The van der Waals surface area contributed by atoms with Crippen molar-refractivity contribution >= 4 is 23.2 Å². The van der Waals surface area contributed by atoms with Crippen molar-refractivity contribution < 1.29 is 18.6 Å². The van der Waals surface area contributed by atoms with Crippen LogP contribution < -0.4 is 4.74 Å². The molecular weight excluding hydrogens is 225 g/mol. The molecule has 0 spiro atoms. The number of benzene rings is 1. The van der Waals surface area contributed by atoms with Gasteiger partial charge in [-0.2, -0.15) is 8.78 Å². The molecule has 0 unspecified atom stereocenters. The van der Waals surface area contributed by atoms with Crippen molar-refractivity contribution in [2.24, 2.45) is 0 Å². The van der Waals surface area contributed by atoms with Gasteiger partial charge in [0.1, 0.15) is 21.5 Å². The van der Waals surface area contributed by atoms with Gasteiger partial charge in [-0.3, -0.25) is 0 Å². The standard InChI is InChI=1S/C7H4Cl2F2O2/c8-5-3(12)1-2-4(6(5)9)13-7(10)11/h1-2,7,12H. The van der Waals surface area contributed by atoms with Gasteiger partial charge in [-0.05, 0) is 12.1 Å². The lowest BCUT2D eigenvalue weighted by molar-refractivity contribution is -0.0498. The van der Waals surface area contributed by atoms with Crippen LogP contribution in [0.15, 0.2) is 12.1 Å². The molecule has 1 aromatic carbocycles. The molecule has 0 heterocycles. The number of phenols is 1. The van der Waals surface area contributed by atoms with E-state index in [1.807, 2.05) is 0 Å². The third-order valence-electron chi connectivity index (χ3n) is 1.24. The van der Waals surface area contributed by atoms with Crippen molar-refractivity contribution in [1.29, 1.82) is 0 Å². The largest absolute Gasteiger partial charge is 0.506 e. The summed E-state index contributed by atoms with van der Waals surface area (Å²) in [5.41, 5.74) is 0. The number of hydrogen-bond donors (Lipinski definition) is 1. The molecule has 0 bridgehead atoms. The Kier molecular flexibility index (Phi) is 3.17. The van der Waals surface area contributed by atoms with Gasteiger partial charge >= 0.3 is 6.61 Å². The van der Waals surface area contributed by atoms with E-state index in [-0.39, 0.29) is 21.5 Å². The quantitative estimate of drug-likeness (QED) is 0.842. The highest BCUT2D eigenvalue weighted by atomic mass is 35.5. The Morgan fingerprint density at radius 2 is 1.85 bits per heavy atom. The Labute approximate surface area is 82.6 Å². The van der Waals surface area contributed by atoms with Crippen LogP contribution in [0.5, 0.6) is 11.5 Å². The van der Waals surface area contributed by atoms with Crippen LogP contribution in [0.1, 0.15) is 0 Å². The monoisotopic (exact) mass is 228 g/mol. The second kappa shape index (κ2) is 3.98. The summed E-state index contributed by atoms with van der Waals surface area (Å²) in [6.45, 7) is -2.97. The van der Waals surface area contributed by atoms with Crippen molar-refractivity contribution in [3.63, 3.8) is 0 Å². The van der Waals surface area contributed by atoms with Crippen molar-refractivity contribution in [2.45, 2.75) is 6.61 Å². The molecule has 0 aliphatic rings. The lowest BCUT2D eigenvalue weighted by atomic mass is 10.3. The fourth-order valence-electron chi connectivity index (χ4n) is 0.709. The smallest absolute Gasteiger partial charge is 0.387 e. The molecule has 0 fully saturated rings. The summed E-state index contributed by atoms with van der Waals surface area (Å²) in [6, 6.07) is 2.22. The van der Waals surface area contributed by atoms with Crippen molar-refractivity contribution in [3.8, 4) is 11.5 Å². The van der Waals surface area contributed by atoms with Crippen LogP contribution in [0.3, 0.4) is 0 Å². The summed E-state index contributed by atoms with van der Waals surface area (Å²) in [5, 5.41) is 8.56. The molecule has 1 rings (SSSR count). The van der Waals surface area contributed by atoms with Gasteiger partial charge in [-0.15, -0.1) is 0 Å². The number of phenolic OH excluding ortho intramolecular Hbond substituents is 1. The van der Waals surface area contributed by atoms with Crippen LogP contribution in [0.25, 0.3) is 0 Å². The van der Waals surface area contributed by atoms with Crippen molar-refractivity contribution in [2.75, 3.05) is 0 Å². The molecular formula is C7H4Cl2F2O2. The Morgan fingerprint density at radius 1 is 1.23 bits per heavy atom. The molecule has 0 atom stereocenters. The first kappa shape index (κ1) is 10.3. The molecule has 13 heavy (non-hydrogen) atoms. The average molecular weight is 229 g/mol. The van der Waals surface area contributed by atoms with E-state index in [0.717, 1.165) is 12.1 Å². The number of hydrogen-bond acceptors (Lipinski definition) is 2. The topological polar surface area (TPSA) is 29.5 Å². The first-order valence-electron chi connectivity index (χ1n) is 3.14. The highest BCUT2D eigenvalue weighted by molar-refractivity contribution is 6.43. The van der Waals surface area contributed by atoms with Crippen LogP contribution in [0, 0.1) is 0 Å². The van der Waals surface area contributed by atoms with Gasteiger partial charge < -0.3 is 9.84 Å². The van der Waals surface area contributed by atoms with Gasteiger partial charge in [0.15, 0.2) is 0 Å². The van der Waals surface area contributed by atoms with E-state index in [0.29, 0.717) is 0 Å². The summed E-state index contributed by atoms with van der Waals surface area (Å²) < 4.78 is 27.5. The van der Waals surface area contributed by atoms with Crippen LogP contribution in [-0.2, 0) is 0 Å². The predicted molar refractivity (Wildman–Crippen MR) is 44.8 cm³/mol. The second-order valence-electron chi connectivity index (χ2n) is 2.09. The van der Waals surface area contributed by atoms with Crippen molar-refractivity contribution in [3.05, 3.63) is 22.2 Å². The number of alkyl halides is 2. The zero-order valence-corrected chi connectivity index (χ0v) is 7.61. The molecule has 72 valence electrons. The maximum absolute atomic E-state index is 11.7. The lowest BCUT2D eigenvalue weighted by Gasteiger charge is -2.07. The van der Waals surface area contributed by atoms with E-state index in [1.54, 1.807) is 0 Å². The van der Waals surface area contributed by atoms with Gasteiger partial charge in [-0.1, -0.05) is 23.2 Å².